The second-order valence-electron chi connectivity index (χ2n) is 3.97. The summed E-state index contributed by atoms with van der Waals surface area (Å²) in [6.07, 6.45) is -3.95. The summed E-state index contributed by atoms with van der Waals surface area (Å²) in [4.78, 5) is 11.8. The Morgan fingerprint density at radius 1 is 1.44 bits per heavy atom. The Morgan fingerprint density at radius 3 is 2.39 bits per heavy atom. The van der Waals surface area contributed by atoms with Gasteiger partial charge in [0.05, 0.1) is 17.0 Å². The van der Waals surface area contributed by atoms with Crippen molar-refractivity contribution >= 4 is 23.1 Å². The monoisotopic (exact) mass is 286 g/mol. The lowest BCUT2D eigenvalue weighted by Crippen LogP contribution is -2.47. The van der Waals surface area contributed by atoms with Crippen molar-refractivity contribution in [2.45, 2.75) is 26.4 Å². The number of thiocarbonyl (C=S) groups is 1. The number of hydrogen-bond donors (Lipinski definition) is 2. The van der Waals surface area contributed by atoms with Crippen LogP contribution in [0.25, 0.3) is 0 Å². The van der Waals surface area contributed by atoms with Crippen LogP contribution in [0.3, 0.4) is 0 Å². The van der Waals surface area contributed by atoms with Crippen LogP contribution < -0.4 is 11.1 Å². The first-order chi connectivity index (χ1) is 8.13. The van der Waals surface area contributed by atoms with Crippen molar-refractivity contribution in [1.82, 2.24) is 5.32 Å². The van der Waals surface area contributed by atoms with Gasteiger partial charge in [-0.3, -0.25) is 4.79 Å². The summed E-state index contributed by atoms with van der Waals surface area (Å²) in [5.41, 5.74) is 4.47. The predicted octanol–water partition coefficient (Wildman–Crippen LogP) is 1.38. The van der Waals surface area contributed by atoms with E-state index in [0.29, 0.717) is 6.42 Å². The number of alkyl halides is 3. The molecule has 0 aromatic carbocycles. The Bertz CT molecular complexity index is 310. The van der Waals surface area contributed by atoms with E-state index in [2.05, 4.69) is 10.1 Å². The van der Waals surface area contributed by atoms with Crippen molar-refractivity contribution < 1.29 is 22.7 Å². The number of nitrogens with two attached hydrogens (primary N) is 1. The Balaban J connectivity index is 4.01. The molecule has 1 unspecified atom stereocenters. The van der Waals surface area contributed by atoms with Crippen LogP contribution in [0, 0.1) is 5.41 Å². The van der Waals surface area contributed by atoms with Crippen LogP contribution in [-0.2, 0) is 9.53 Å². The first kappa shape index (κ1) is 17.1. The summed E-state index contributed by atoms with van der Waals surface area (Å²) in [6, 6.07) is 0. The molecule has 1 atom stereocenters. The van der Waals surface area contributed by atoms with Gasteiger partial charge in [-0.25, -0.2) is 0 Å². The smallest absolute Gasteiger partial charge is 0.392 e. The number of nitrogens with one attached hydrogen (secondary N) is 1. The fourth-order valence-corrected chi connectivity index (χ4v) is 1.30. The van der Waals surface area contributed by atoms with E-state index < -0.39 is 24.1 Å². The van der Waals surface area contributed by atoms with Gasteiger partial charge in [-0.05, 0) is 13.3 Å². The van der Waals surface area contributed by atoms with E-state index in [1.807, 2.05) is 0 Å². The topological polar surface area (TPSA) is 64.3 Å². The molecule has 0 saturated carbocycles. The van der Waals surface area contributed by atoms with Gasteiger partial charge < -0.3 is 15.8 Å². The van der Waals surface area contributed by atoms with Crippen molar-refractivity contribution in [3.63, 3.8) is 0 Å². The molecule has 0 aromatic rings. The number of rotatable bonds is 7. The Hall–Kier alpha value is -0.890. The van der Waals surface area contributed by atoms with Gasteiger partial charge in [-0.15, -0.1) is 0 Å². The number of amides is 1. The predicted molar refractivity (Wildman–Crippen MR) is 65.1 cm³/mol. The maximum absolute atomic E-state index is 11.7. The molecule has 3 N–H and O–H groups in total. The van der Waals surface area contributed by atoms with Gasteiger partial charge in [-0.2, -0.15) is 13.2 Å². The molecule has 106 valence electrons. The lowest BCUT2D eigenvalue weighted by Gasteiger charge is -2.25. The maximum atomic E-state index is 11.7. The van der Waals surface area contributed by atoms with Gasteiger partial charge in [0, 0.05) is 6.54 Å². The third-order valence-electron chi connectivity index (χ3n) is 2.55. The SMILES string of the molecule is CCC(C)(C(=O)NCCOCC(F)(F)F)C(N)=S. The molecule has 0 aliphatic heterocycles. The minimum Gasteiger partial charge on any atom is -0.392 e. The molecule has 0 spiro atoms. The molecule has 0 radical (unpaired) electrons. The first-order valence-electron chi connectivity index (χ1n) is 5.36. The lowest BCUT2D eigenvalue weighted by atomic mass is 9.86. The number of hydrogen-bond acceptors (Lipinski definition) is 3. The van der Waals surface area contributed by atoms with Crippen LogP contribution >= 0.6 is 12.2 Å². The summed E-state index contributed by atoms with van der Waals surface area (Å²) in [5, 5.41) is 2.44. The van der Waals surface area contributed by atoms with E-state index in [9.17, 15) is 18.0 Å². The Kier molecular flexibility index (Phi) is 6.55. The standard InChI is InChI=1S/C10H17F3N2O2S/c1-3-9(2,7(14)18)8(16)15-4-5-17-6-10(11,12)13/h3-6H2,1-2H3,(H2,14,18)(H,15,16). The van der Waals surface area contributed by atoms with Gasteiger partial charge in [-0.1, -0.05) is 19.1 Å². The molecule has 8 heteroatoms. The molecule has 0 aliphatic rings. The van der Waals surface area contributed by atoms with Crippen LogP contribution in [0.4, 0.5) is 13.2 Å². The summed E-state index contributed by atoms with van der Waals surface area (Å²) in [6.45, 7) is 1.76. The Morgan fingerprint density at radius 2 is 2.00 bits per heavy atom. The fourth-order valence-electron chi connectivity index (χ4n) is 1.07. The average molecular weight is 286 g/mol. The number of ether oxygens (including phenoxy) is 1. The third-order valence-corrected chi connectivity index (χ3v) is 3.00. The molecule has 0 saturated heterocycles. The first-order valence-corrected chi connectivity index (χ1v) is 5.77. The van der Waals surface area contributed by atoms with E-state index >= 15 is 0 Å². The number of carbonyl (C=O) groups is 1. The normalized spacial score (nSPS) is 14.9. The highest BCUT2D eigenvalue weighted by Crippen LogP contribution is 2.21. The van der Waals surface area contributed by atoms with Gasteiger partial charge in [0.1, 0.15) is 6.61 Å². The molecule has 0 rings (SSSR count). The largest absolute Gasteiger partial charge is 0.411 e. The molecule has 0 aromatic heterocycles. The zero-order valence-corrected chi connectivity index (χ0v) is 11.1. The maximum Gasteiger partial charge on any atom is 0.411 e. The summed E-state index contributed by atoms with van der Waals surface area (Å²) in [5.74, 6) is -0.409. The molecule has 4 nitrogen and oxygen atoms in total. The van der Waals surface area contributed by atoms with Crippen LogP contribution in [0.15, 0.2) is 0 Å². The van der Waals surface area contributed by atoms with Crippen LogP contribution in [0.2, 0.25) is 0 Å². The van der Waals surface area contributed by atoms with E-state index in [1.54, 1.807) is 13.8 Å². The zero-order chi connectivity index (χ0) is 14.4. The van der Waals surface area contributed by atoms with Gasteiger partial charge >= 0.3 is 6.18 Å². The minimum atomic E-state index is -4.36. The van der Waals surface area contributed by atoms with E-state index in [-0.39, 0.29) is 18.1 Å². The van der Waals surface area contributed by atoms with Crippen molar-refractivity contribution in [3.8, 4) is 0 Å². The highest BCUT2D eigenvalue weighted by atomic mass is 32.1. The zero-order valence-electron chi connectivity index (χ0n) is 10.3. The van der Waals surface area contributed by atoms with E-state index in [4.69, 9.17) is 18.0 Å². The van der Waals surface area contributed by atoms with Gasteiger partial charge in [0.25, 0.3) is 0 Å². The highest BCUT2D eigenvalue weighted by molar-refractivity contribution is 7.80. The van der Waals surface area contributed by atoms with Gasteiger partial charge in [0.15, 0.2) is 0 Å². The van der Waals surface area contributed by atoms with Crippen LogP contribution in [0.1, 0.15) is 20.3 Å². The fraction of sp³-hybridized carbons (Fsp3) is 0.800. The number of carbonyl (C=O) groups excluding carboxylic acids is 1. The van der Waals surface area contributed by atoms with Crippen molar-refractivity contribution in [2.75, 3.05) is 19.8 Å². The van der Waals surface area contributed by atoms with E-state index in [0.717, 1.165) is 0 Å². The van der Waals surface area contributed by atoms with Crippen LogP contribution in [-0.4, -0.2) is 36.8 Å². The Labute approximate surface area is 109 Å². The van der Waals surface area contributed by atoms with Gasteiger partial charge in [0.2, 0.25) is 5.91 Å². The van der Waals surface area contributed by atoms with Crippen LogP contribution in [0.5, 0.6) is 0 Å². The molecule has 0 heterocycles. The lowest BCUT2D eigenvalue weighted by molar-refractivity contribution is -0.173. The summed E-state index contributed by atoms with van der Waals surface area (Å²) in [7, 11) is 0. The molecule has 0 bridgehead atoms. The minimum absolute atomic E-state index is 0.0207. The molecule has 0 aliphatic carbocycles. The van der Waals surface area contributed by atoms with Crippen molar-refractivity contribution in [1.29, 1.82) is 0 Å². The second kappa shape index (κ2) is 6.89. The average Bonchev–Trinajstić information content (AvgIpc) is 2.25. The quantitative estimate of drug-likeness (QED) is 0.548. The third kappa shape index (κ3) is 5.63. The van der Waals surface area contributed by atoms with E-state index in [1.165, 1.54) is 0 Å². The molecule has 1 amide bonds. The molecular formula is C10H17F3N2O2S. The highest BCUT2D eigenvalue weighted by Gasteiger charge is 2.34. The van der Waals surface area contributed by atoms with Crippen molar-refractivity contribution in [2.24, 2.45) is 11.1 Å². The molecule has 0 fully saturated rings. The summed E-state index contributed by atoms with van der Waals surface area (Å²) < 4.78 is 39.6. The van der Waals surface area contributed by atoms with Crippen molar-refractivity contribution in [3.05, 3.63) is 0 Å². The summed E-state index contributed by atoms with van der Waals surface area (Å²) >= 11 is 4.79. The molecular weight excluding hydrogens is 269 g/mol. The molecule has 18 heavy (non-hydrogen) atoms. The second-order valence-corrected chi connectivity index (χ2v) is 4.41. The number of halogens is 3.